The molecule has 2 aromatic rings. The van der Waals surface area contributed by atoms with Crippen LogP contribution in [0.1, 0.15) is 15.9 Å². The number of halogens is 1. The predicted molar refractivity (Wildman–Crippen MR) is 80.1 cm³/mol. The van der Waals surface area contributed by atoms with Crippen LogP contribution in [0.4, 0.5) is 0 Å². The Hall–Kier alpha value is -2.20. The molecule has 0 aliphatic carbocycles. The number of ether oxygens (including phenoxy) is 3. The second-order valence-electron chi connectivity index (χ2n) is 4.24. The molecule has 0 amide bonds. The minimum atomic E-state index is -0.448. The van der Waals surface area contributed by atoms with Crippen molar-refractivity contribution in [2.75, 3.05) is 14.2 Å². The lowest BCUT2D eigenvalue weighted by molar-refractivity contribution is 0.0472. The highest BCUT2D eigenvalue weighted by atomic mass is 35.5. The fourth-order valence-corrected chi connectivity index (χ4v) is 2.00. The van der Waals surface area contributed by atoms with E-state index in [1.54, 1.807) is 24.3 Å². The summed E-state index contributed by atoms with van der Waals surface area (Å²) >= 11 is 6.01. The first kappa shape index (κ1) is 15.2. The second kappa shape index (κ2) is 6.99. The van der Waals surface area contributed by atoms with Gasteiger partial charge in [0.25, 0.3) is 0 Å². The molecule has 0 fully saturated rings. The van der Waals surface area contributed by atoms with Crippen LogP contribution < -0.4 is 9.47 Å². The molecule has 21 heavy (non-hydrogen) atoms. The average molecular weight is 307 g/mol. The third-order valence-corrected chi connectivity index (χ3v) is 3.30. The van der Waals surface area contributed by atoms with E-state index in [1.807, 2.05) is 18.2 Å². The summed E-state index contributed by atoms with van der Waals surface area (Å²) in [4.78, 5) is 12.0. The van der Waals surface area contributed by atoms with E-state index in [2.05, 4.69) is 0 Å². The highest BCUT2D eigenvalue weighted by Crippen LogP contribution is 2.28. The number of hydrogen-bond acceptors (Lipinski definition) is 4. The molecule has 0 heterocycles. The summed E-state index contributed by atoms with van der Waals surface area (Å²) in [5.74, 6) is 0.584. The maximum absolute atomic E-state index is 12.0. The number of esters is 1. The number of hydrogen-bond donors (Lipinski definition) is 0. The molecule has 0 spiro atoms. The molecule has 0 unspecified atom stereocenters. The first-order valence-electron chi connectivity index (χ1n) is 6.28. The average Bonchev–Trinajstić information content (AvgIpc) is 2.53. The van der Waals surface area contributed by atoms with Crippen LogP contribution in [0.25, 0.3) is 0 Å². The van der Waals surface area contributed by atoms with Gasteiger partial charge in [-0.15, -0.1) is 0 Å². The SMILES string of the molecule is COc1ccc(C(=O)OCc2ccccc2Cl)cc1OC. The molecule has 4 nitrogen and oxygen atoms in total. The van der Waals surface area contributed by atoms with Crippen LogP contribution in [-0.2, 0) is 11.3 Å². The summed E-state index contributed by atoms with van der Waals surface area (Å²) in [5.41, 5.74) is 1.15. The largest absolute Gasteiger partial charge is 0.493 e. The van der Waals surface area contributed by atoms with Crippen LogP contribution in [0.5, 0.6) is 11.5 Å². The Morgan fingerprint density at radius 3 is 2.43 bits per heavy atom. The molecule has 0 atom stereocenters. The van der Waals surface area contributed by atoms with Gasteiger partial charge in [0, 0.05) is 10.6 Å². The highest BCUT2D eigenvalue weighted by Gasteiger charge is 2.12. The Morgan fingerprint density at radius 1 is 1.05 bits per heavy atom. The van der Waals surface area contributed by atoms with Gasteiger partial charge in [-0.1, -0.05) is 29.8 Å². The molecule has 0 bridgehead atoms. The Balaban J connectivity index is 2.09. The monoisotopic (exact) mass is 306 g/mol. The van der Waals surface area contributed by atoms with Gasteiger partial charge >= 0.3 is 5.97 Å². The Labute approximate surface area is 128 Å². The van der Waals surface area contributed by atoms with E-state index >= 15 is 0 Å². The quantitative estimate of drug-likeness (QED) is 0.790. The van der Waals surface area contributed by atoms with Crippen LogP contribution in [0, 0.1) is 0 Å². The standard InChI is InChI=1S/C16H15ClO4/c1-19-14-8-7-11(9-15(14)20-2)16(18)21-10-12-5-3-4-6-13(12)17/h3-9H,10H2,1-2H3. The van der Waals surface area contributed by atoms with Crippen molar-refractivity contribution < 1.29 is 19.0 Å². The Bertz CT molecular complexity index is 640. The Morgan fingerprint density at radius 2 is 1.76 bits per heavy atom. The zero-order valence-corrected chi connectivity index (χ0v) is 12.5. The van der Waals surface area contributed by atoms with E-state index in [4.69, 9.17) is 25.8 Å². The minimum absolute atomic E-state index is 0.118. The van der Waals surface area contributed by atoms with Gasteiger partial charge in [-0.05, 0) is 24.3 Å². The maximum atomic E-state index is 12.0. The molecule has 0 saturated carbocycles. The molecule has 0 N–H and O–H groups in total. The lowest BCUT2D eigenvalue weighted by Crippen LogP contribution is -2.06. The molecule has 0 saturated heterocycles. The first-order valence-corrected chi connectivity index (χ1v) is 6.66. The molecule has 5 heteroatoms. The fourth-order valence-electron chi connectivity index (χ4n) is 1.81. The van der Waals surface area contributed by atoms with Gasteiger partial charge < -0.3 is 14.2 Å². The van der Waals surface area contributed by atoms with E-state index in [1.165, 1.54) is 14.2 Å². The lowest BCUT2D eigenvalue weighted by atomic mass is 10.2. The topological polar surface area (TPSA) is 44.8 Å². The zero-order valence-electron chi connectivity index (χ0n) is 11.8. The third kappa shape index (κ3) is 3.67. The molecular formula is C16H15ClO4. The molecule has 110 valence electrons. The van der Waals surface area contributed by atoms with Crippen molar-refractivity contribution in [2.24, 2.45) is 0 Å². The van der Waals surface area contributed by atoms with E-state index in [-0.39, 0.29) is 6.61 Å². The van der Waals surface area contributed by atoms with Crippen molar-refractivity contribution in [2.45, 2.75) is 6.61 Å². The van der Waals surface area contributed by atoms with Gasteiger partial charge in [0.1, 0.15) is 6.61 Å². The summed E-state index contributed by atoms with van der Waals surface area (Å²) in [6.07, 6.45) is 0. The number of carbonyl (C=O) groups is 1. The zero-order chi connectivity index (χ0) is 15.2. The predicted octanol–water partition coefficient (Wildman–Crippen LogP) is 3.71. The highest BCUT2D eigenvalue weighted by molar-refractivity contribution is 6.31. The van der Waals surface area contributed by atoms with Crippen molar-refractivity contribution in [1.82, 2.24) is 0 Å². The molecule has 2 aromatic carbocycles. The molecule has 2 rings (SSSR count). The molecule has 0 aliphatic rings. The minimum Gasteiger partial charge on any atom is -0.493 e. The van der Waals surface area contributed by atoms with Gasteiger partial charge in [-0.2, -0.15) is 0 Å². The van der Waals surface area contributed by atoms with E-state index in [0.29, 0.717) is 22.1 Å². The van der Waals surface area contributed by atoms with Crippen LogP contribution >= 0.6 is 11.6 Å². The van der Waals surface area contributed by atoms with Gasteiger partial charge in [0.05, 0.1) is 19.8 Å². The Kier molecular flexibility index (Phi) is 5.06. The van der Waals surface area contributed by atoms with Crippen LogP contribution in [0.3, 0.4) is 0 Å². The van der Waals surface area contributed by atoms with Crippen LogP contribution in [0.15, 0.2) is 42.5 Å². The van der Waals surface area contributed by atoms with Crippen molar-refractivity contribution in [3.63, 3.8) is 0 Å². The van der Waals surface area contributed by atoms with Crippen molar-refractivity contribution in [3.8, 4) is 11.5 Å². The van der Waals surface area contributed by atoms with Crippen molar-refractivity contribution in [3.05, 3.63) is 58.6 Å². The molecule has 0 radical (unpaired) electrons. The van der Waals surface area contributed by atoms with E-state index < -0.39 is 5.97 Å². The summed E-state index contributed by atoms with van der Waals surface area (Å²) in [7, 11) is 3.05. The number of benzene rings is 2. The number of rotatable bonds is 5. The molecule has 0 aromatic heterocycles. The summed E-state index contributed by atoms with van der Waals surface area (Å²) < 4.78 is 15.5. The summed E-state index contributed by atoms with van der Waals surface area (Å²) in [6.45, 7) is 0.118. The molecular weight excluding hydrogens is 292 g/mol. The number of carbonyl (C=O) groups excluding carboxylic acids is 1. The van der Waals surface area contributed by atoms with Gasteiger partial charge in [0.15, 0.2) is 11.5 Å². The second-order valence-corrected chi connectivity index (χ2v) is 4.64. The lowest BCUT2D eigenvalue weighted by Gasteiger charge is -2.10. The van der Waals surface area contributed by atoms with E-state index in [0.717, 1.165) is 5.56 Å². The van der Waals surface area contributed by atoms with Crippen molar-refractivity contribution >= 4 is 17.6 Å². The normalized spacial score (nSPS) is 10.0. The van der Waals surface area contributed by atoms with Gasteiger partial charge in [-0.25, -0.2) is 4.79 Å². The van der Waals surface area contributed by atoms with E-state index in [9.17, 15) is 4.79 Å². The van der Waals surface area contributed by atoms with Crippen LogP contribution in [0.2, 0.25) is 5.02 Å². The third-order valence-electron chi connectivity index (χ3n) is 2.94. The molecule has 0 aliphatic heterocycles. The fraction of sp³-hybridized carbons (Fsp3) is 0.188. The smallest absolute Gasteiger partial charge is 0.338 e. The number of methoxy groups -OCH3 is 2. The summed E-state index contributed by atoms with van der Waals surface area (Å²) in [6, 6.07) is 12.1. The maximum Gasteiger partial charge on any atom is 0.338 e. The summed E-state index contributed by atoms with van der Waals surface area (Å²) in [5, 5.41) is 0.567. The first-order chi connectivity index (χ1) is 10.2. The van der Waals surface area contributed by atoms with Crippen LogP contribution in [-0.4, -0.2) is 20.2 Å². The van der Waals surface area contributed by atoms with Crippen molar-refractivity contribution in [1.29, 1.82) is 0 Å². The van der Waals surface area contributed by atoms with Gasteiger partial charge in [0.2, 0.25) is 0 Å². The van der Waals surface area contributed by atoms with Gasteiger partial charge in [-0.3, -0.25) is 0 Å².